The molecular weight excluding hydrogens is 288 g/mol. The second-order valence-electron chi connectivity index (χ2n) is 4.35. The fraction of sp³-hybridized carbons (Fsp3) is 0.0714. The van der Waals surface area contributed by atoms with Gasteiger partial charge in [0.05, 0.1) is 4.92 Å². The molecule has 0 atom stereocenters. The fourth-order valence-corrected chi connectivity index (χ4v) is 1.83. The summed E-state index contributed by atoms with van der Waals surface area (Å²) in [6.45, 7) is 1.69. The van der Waals surface area contributed by atoms with Crippen molar-refractivity contribution >= 4 is 5.69 Å². The minimum Gasteiger partial charge on any atom is -0.434 e. The molecule has 1 aromatic carbocycles. The number of aromatic nitrogens is 3. The highest BCUT2D eigenvalue weighted by Crippen LogP contribution is 2.30. The van der Waals surface area contributed by atoms with Gasteiger partial charge in [0.2, 0.25) is 11.7 Å². The van der Waals surface area contributed by atoms with E-state index in [0.717, 1.165) is 0 Å². The molecule has 0 saturated heterocycles. The molecule has 8 heteroatoms. The Morgan fingerprint density at radius 2 is 2.14 bits per heavy atom. The highest BCUT2D eigenvalue weighted by Gasteiger charge is 2.17. The lowest BCUT2D eigenvalue weighted by Crippen LogP contribution is -1.95. The highest BCUT2D eigenvalue weighted by molar-refractivity contribution is 5.57. The molecule has 0 saturated carbocycles. The lowest BCUT2D eigenvalue weighted by Gasteiger charge is -2.05. The van der Waals surface area contributed by atoms with Gasteiger partial charge < -0.3 is 9.26 Å². The zero-order chi connectivity index (χ0) is 15.5. The van der Waals surface area contributed by atoms with Gasteiger partial charge in [-0.05, 0) is 18.2 Å². The average molecular weight is 298 g/mol. The molecule has 0 fully saturated rings. The monoisotopic (exact) mass is 298 g/mol. The van der Waals surface area contributed by atoms with Gasteiger partial charge in [-0.1, -0.05) is 17.3 Å². The molecule has 0 unspecified atom stereocenters. The minimum absolute atomic E-state index is 0.0751. The number of hydrogen-bond donors (Lipinski definition) is 0. The Morgan fingerprint density at radius 3 is 2.86 bits per heavy atom. The number of aryl methyl sites for hydroxylation is 1. The number of nitro groups is 1. The summed E-state index contributed by atoms with van der Waals surface area (Å²) in [7, 11) is 0. The molecule has 0 amide bonds. The molecular formula is C14H10N4O4. The topological polar surface area (TPSA) is 104 Å². The van der Waals surface area contributed by atoms with E-state index in [9.17, 15) is 10.1 Å². The third kappa shape index (κ3) is 2.75. The number of rotatable bonds is 4. The predicted molar refractivity (Wildman–Crippen MR) is 75.4 cm³/mol. The van der Waals surface area contributed by atoms with Crippen molar-refractivity contribution in [2.75, 3.05) is 0 Å². The molecule has 3 rings (SSSR count). The zero-order valence-electron chi connectivity index (χ0n) is 11.5. The van der Waals surface area contributed by atoms with Gasteiger partial charge in [0.15, 0.2) is 0 Å². The first kappa shape index (κ1) is 13.7. The lowest BCUT2D eigenvalue weighted by atomic mass is 10.2. The van der Waals surface area contributed by atoms with Gasteiger partial charge in [0, 0.05) is 24.8 Å². The standard InChI is InChI=1S/C14H10N4O4/c1-9-16-13(17-22-9)10-4-2-5-11(8-10)21-14-12(18(19)20)6-3-7-15-14/h2-8H,1H3. The summed E-state index contributed by atoms with van der Waals surface area (Å²) in [6, 6.07) is 9.63. The number of nitrogens with zero attached hydrogens (tertiary/aromatic N) is 4. The van der Waals surface area contributed by atoms with Gasteiger partial charge in [-0.2, -0.15) is 4.98 Å². The second-order valence-corrected chi connectivity index (χ2v) is 4.35. The molecule has 110 valence electrons. The van der Waals surface area contributed by atoms with Crippen molar-refractivity contribution in [2.24, 2.45) is 0 Å². The first-order chi connectivity index (χ1) is 10.6. The zero-order valence-corrected chi connectivity index (χ0v) is 11.5. The molecule has 22 heavy (non-hydrogen) atoms. The van der Waals surface area contributed by atoms with E-state index in [1.807, 2.05) is 0 Å². The smallest absolute Gasteiger partial charge is 0.331 e. The SMILES string of the molecule is Cc1nc(-c2cccc(Oc3ncccc3[N+](=O)[O-])c2)no1. The Hall–Kier alpha value is -3.29. The molecule has 3 aromatic rings. The molecule has 0 N–H and O–H groups in total. The van der Waals surface area contributed by atoms with Crippen molar-refractivity contribution in [3.63, 3.8) is 0 Å². The molecule has 0 spiro atoms. The third-order valence-corrected chi connectivity index (χ3v) is 2.78. The first-order valence-electron chi connectivity index (χ1n) is 6.31. The molecule has 0 aliphatic heterocycles. The van der Waals surface area contributed by atoms with Crippen molar-refractivity contribution in [1.82, 2.24) is 15.1 Å². The Morgan fingerprint density at radius 1 is 1.27 bits per heavy atom. The highest BCUT2D eigenvalue weighted by atomic mass is 16.6. The van der Waals surface area contributed by atoms with Crippen LogP contribution in [0, 0.1) is 17.0 Å². The quantitative estimate of drug-likeness (QED) is 0.538. The van der Waals surface area contributed by atoms with Gasteiger partial charge in [-0.3, -0.25) is 10.1 Å². The van der Waals surface area contributed by atoms with E-state index in [1.165, 1.54) is 18.3 Å². The van der Waals surface area contributed by atoms with Crippen molar-refractivity contribution in [1.29, 1.82) is 0 Å². The van der Waals surface area contributed by atoms with Gasteiger partial charge in [-0.15, -0.1) is 0 Å². The van der Waals surface area contributed by atoms with Crippen LogP contribution in [0.4, 0.5) is 5.69 Å². The predicted octanol–water partition coefficient (Wildman–Crippen LogP) is 3.14. The van der Waals surface area contributed by atoms with Crippen LogP contribution in [-0.2, 0) is 0 Å². The summed E-state index contributed by atoms with van der Waals surface area (Å²) in [5.74, 6) is 1.18. The number of ether oxygens (including phenoxy) is 1. The summed E-state index contributed by atoms with van der Waals surface area (Å²) < 4.78 is 10.4. The average Bonchev–Trinajstić information content (AvgIpc) is 2.94. The Kier molecular flexibility index (Phi) is 3.48. The van der Waals surface area contributed by atoms with Gasteiger partial charge in [0.25, 0.3) is 5.88 Å². The largest absolute Gasteiger partial charge is 0.434 e. The van der Waals surface area contributed by atoms with Gasteiger partial charge in [0.1, 0.15) is 5.75 Å². The van der Waals surface area contributed by atoms with Gasteiger partial charge in [-0.25, -0.2) is 4.98 Å². The summed E-state index contributed by atoms with van der Waals surface area (Å²) in [4.78, 5) is 18.4. The number of hydrogen-bond acceptors (Lipinski definition) is 7. The van der Waals surface area contributed by atoms with Crippen molar-refractivity contribution in [3.05, 3.63) is 58.6 Å². The van der Waals surface area contributed by atoms with Crippen molar-refractivity contribution in [2.45, 2.75) is 6.92 Å². The molecule has 0 bridgehead atoms. The van der Waals surface area contributed by atoms with Crippen LogP contribution < -0.4 is 4.74 Å². The second kappa shape index (κ2) is 5.60. The lowest BCUT2D eigenvalue weighted by molar-refractivity contribution is -0.386. The Balaban J connectivity index is 1.92. The van der Waals surface area contributed by atoms with Crippen LogP contribution in [0.3, 0.4) is 0 Å². The van der Waals surface area contributed by atoms with E-state index < -0.39 is 4.92 Å². The van der Waals surface area contributed by atoms with E-state index in [0.29, 0.717) is 23.0 Å². The summed E-state index contributed by atoms with van der Waals surface area (Å²) in [5.41, 5.74) is 0.469. The van der Waals surface area contributed by atoms with Crippen molar-refractivity contribution in [3.8, 4) is 23.0 Å². The van der Waals surface area contributed by atoms with Crippen LogP contribution in [0.15, 0.2) is 47.1 Å². The summed E-state index contributed by atoms with van der Waals surface area (Å²) >= 11 is 0. The van der Waals surface area contributed by atoms with E-state index in [4.69, 9.17) is 9.26 Å². The van der Waals surface area contributed by atoms with Crippen LogP contribution in [0.1, 0.15) is 5.89 Å². The Labute approximate surface area is 124 Å². The van der Waals surface area contributed by atoms with Crippen molar-refractivity contribution < 1.29 is 14.2 Å². The normalized spacial score (nSPS) is 10.4. The summed E-state index contributed by atoms with van der Waals surface area (Å²) in [5, 5.41) is 14.8. The molecule has 2 heterocycles. The molecule has 0 radical (unpaired) electrons. The van der Waals surface area contributed by atoms with E-state index in [1.54, 1.807) is 31.2 Å². The van der Waals surface area contributed by atoms with Crippen LogP contribution in [0.2, 0.25) is 0 Å². The molecule has 8 nitrogen and oxygen atoms in total. The molecule has 2 aromatic heterocycles. The number of benzene rings is 1. The maximum Gasteiger partial charge on any atom is 0.331 e. The Bertz CT molecular complexity index is 831. The first-order valence-corrected chi connectivity index (χ1v) is 6.31. The summed E-state index contributed by atoms with van der Waals surface area (Å²) in [6.07, 6.45) is 1.43. The van der Waals surface area contributed by atoms with E-state index in [-0.39, 0.29) is 11.6 Å². The molecule has 0 aliphatic carbocycles. The van der Waals surface area contributed by atoms with Crippen LogP contribution in [-0.4, -0.2) is 20.0 Å². The maximum absolute atomic E-state index is 11.0. The minimum atomic E-state index is -0.547. The van der Waals surface area contributed by atoms with E-state index in [2.05, 4.69) is 15.1 Å². The van der Waals surface area contributed by atoms with Crippen LogP contribution in [0.5, 0.6) is 11.6 Å². The molecule has 0 aliphatic rings. The van der Waals surface area contributed by atoms with Gasteiger partial charge >= 0.3 is 5.69 Å². The van der Waals surface area contributed by atoms with E-state index >= 15 is 0 Å². The van der Waals surface area contributed by atoms with Crippen LogP contribution in [0.25, 0.3) is 11.4 Å². The fourth-order valence-electron chi connectivity index (χ4n) is 1.83. The third-order valence-electron chi connectivity index (χ3n) is 2.78. The maximum atomic E-state index is 11.0. The van der Waals surface area contributed by atoms with Crippen LogP contribution >= 0.6 is 0 Å². The number of pyridine rings is 1.